The van der Waals surface area contributed by atoms with Gasteiger partial charge in [-0.05, 0) is 37.0 Å². The lowest BCUT2D eigenvalue weighted by Crippen LogP contribution is -2.02. The zero-order valence-electron chi connectivity index (χ0n) is 10.7. The lowest BCUT2D eigenvalue weighted by molar-refractivity contribution is 0.716. The van der Waals surface area contributed by atoms with Crippen LogP contribution < -0.4 is 5.73 Å². The molecule has 0 saturated heterocycles. The second kappa shape index (κ2) is 5.17. The Balaban J connectivity index is 2.41. The summed E-state index contributed by atoms with van der Waals surface area (Å²) in [6.45, 7) is 4.37. The standard InChI is InChI=1S/C15H20N2/c1-3-4-5-9-13-11(2)12-8-6-7-10-14(12)17-15(13)16/h6-8,10H,3-5,9H2,1-2H3,(H2,16,17). The zero-order chi connectivity index (χ0) is 12.3. The van der Waals surface area contributed by atoms with Crippen LogP contribution >= 0.6 is 0 Å². The van der Waals surface area contributed by atoms with Crippen molar-refractivity contribution in [3.63, 3.8) is 0 Å². The van der Waals surface area contributed by atoms with E-state index in [-0.39, 0.29) is 0 Å². The van der Waals surface area contributed by atoms with E-state index >= 15 is 0 Å². The van der Waals surface area contributed by atoms with Gasteiger partial charge in [0.2, 0.25) is 0 Å². The molecule has 0 aliphatic heterocycles. The maximum absolute atomic E-state index is 6.06. The number of benzene rings is 1. The van der Waals surface area contributed by atoms with Crippen molar-refractivity contribution in [2.45, 2.75) is 39.5 Å². The monoisotopic (exact) mass is 228 g/mol. The highest BCUT2D eigenvalue weighted by Crippen LogP contribution is 2.25. The number of rotatable bonds is 4. The molecule has 0 spiro atoms. The summed E-state index contributed by atoms with van der Waals surface area (Å²) >= 11 is 0. The first kappa shape index (κ1) is 11.9. The summed E-state index contributed by atoms with van der Waals surface area (Å²) in [6, 6.07) is 8.21. The lowest BCUT2D eigenvalue weighted by atomic mass is 9.99. The highest BCUT2D eigenvalue weighted by molar-refractivity contribution is 5.85. The molecule has 0 unspecified atom stereocenters. The normalized spacial score (nSPS) is 10.9. The molecule has 17 heavy (non-hydrogen) atoms. The second-order valence-corrected chi connectivity index (χ2v) is 4.57. The second-order valence-electron chi connectivity index (χ2n) is 4.57. The van der Waals surface area contributed by atoms with Crippen LogP contribution in [0.5, 0.6) is 0 Å². The van der Waals surface area contributed by atoms with E-state index in [9.17, 15) is 0 Å². The van der Waals surface area contributed by atoms with Gasteiger partial charge in [0.05, 0.1) is 5.52 Å². The van der Waals surface area contributed by atoms with E-state index in [2.05, 4.69) is 31.0 Å². The van der Waals surface area contributed by atoms with Crippen LogP contribution in [0.15, 0.2) is 24.3 Å². The highest BCUT2D eigenvalue weighted by Gasteiger charge is 2.08. The maximum Gasteiger partial charge on any atom is 0.127 e. The minimum Gasteiger partial charge on any atom is -0.383 e. The molecule has 0 radical (unpaired) electrons. The number of hydrogen-bond donors (Lipinski definition) is 1. The van der Waals surface area contributed by atoms with Gasteiger partial charge in [-0.25, -0.2) is 4.98 Å². The van der Waals surface area contributed by atoms with Gasteiger partial charge in [-0.1, -0.05) is 38.0 Å². The fraction of sp³-hybridized carbons (Fsp3) is 0.400. The van der Waals surface area contributed by atoms with Gasteiger partial charge in [-0.3, -0.25) is 0 Å². The van der Waals surface area contributed by atoms with Crippen LogP contribution in [0.1, 0.15) is 37.3 Å². The molecule has 1 aromatic carbocycles. The Labute approximate surface area is 103 Å². The molecule has 0 atom stereocenters. The molecule has 1 aromatic heterocycles. The molecular weight excluding hydrogens is 208 g/mol. The van der Waals surface area contributed by atoms with Crippen LogP contribution in [0.3, 0.4) is 0 Å². The van der Waals surface area contributed by atoms with Gasteiger partial charge < -0.3 is 5.73 Å². The van der Waals surface area contributed by atoms with Gasteiger partial charge in [0.25, 0.3) is 0 Å². The molecule has 0 aliphatic carbocycles. The smallest absolute Gasteiger partial charge is 0.127 e. The molecule has 1 heterocycles. The number of hydrogen-bond acceptors (Lipinski definition) is 2. The number of para-hydroxylation sites is 1. The van der Waals surface area contributed by atoms with E-state index < -0.39 is 0 Å². The van der Waals surface area contributed by atoms with Crippen LogP contribution in [-0.2, 0) is 6.42 Å². The van der Waals surface area contributed by atoms with E-state index in [1.54, 1.807) is 0 Å². The van der Waals surface area contributed by atoms with Crippen LogP contribution in [0, 0.1) is 6.92 Å². The number of aromatic nitrogens is 1. The molecule has 2 rings (SSSR count). The van der Waals surface area contributed by atoms with Crippen LogP contribution in [-0.4, -0.2) is 4.98 Å². The van der Waals surface area contributed by atoms with Gasteiger partial charge in [0.15, 0.2) is 0 Å². The Morgan fingerprint density at radius 1 is 1.18 bits per heavy atom. The summed E-state index contributed by atoms with van der Waals surface area (Å²) in [6.07, 6.45) is 4.73. The van der Waals surface area contributed by atoms with Crippen molar-refractivity contribution in [2.24, 2.45) is 0 Å². The summed E-state index contributed by atoms with van der Waals surface area (Å²) in [7, 11) is 0. The predicted molar refractivity (Wildman–Crippen MR) is 74.1 cm³/mol. The quantitative estimate of drug-likeness (QED) is 0.807. The van der Waals surface area contributed by atoms with Crippen LogP contribution in [0.4, 0.5) is 5.82 Å². The number of unbranched alkanes of at least 4 members (excludes halogenated alkanes) is 2. The first-order valence-corrected chi connectivity index (χ1v) is 6.37. The summed E-state index contributed by atoms with van der Waals surface area (Å²) < 4.78 is 0. The summed E-state index contributed by atoms with van der Waals surface area (Å²) in [5, 5.41) is 1.23. The molecule has 0 bridgehead atoms. The van der Waals surface area contributed by atoms with Crippen molar-refractivity contribution < 1.29 is 0 Å². The molecule has 2 N–H and O–H groups in total. The van der Waals surface area contributed by atoms with Gasteiger partial charge in [0, 0.05) is 5.39 Å². The average Bonchev–Trinajstić information content (AvgIpc) is 2.33. The number of fused-ring (bicyclic) bond motifs is 1. The molecule has 2 aromatic rings. The van der Waals surface area contributed by atoms with Crippen LogP contribution in [0.25, 0.3) is 10.9 Å². The Hall–Kier alpha value is -1.57. The molecule has 0 amide bonds. The van der Waals surface area contributed by atoms with E-state index in [0.717, 1.165) is 11.9 Å². The fourth-order valence-corrected chi connectivity index (χ4v) is 2.31. The minimum atomic E-state index is 0.706. The number of pyridine rings is 1. The zero-order valence-corrected chi connectivity index (χ0v) is 10.7. The largest absolute Gasteiger partial charge is 0.383 e. The Bertz CT molecular complexity index is 518. The fourth-order valence-electron chi connectivity index (χ4n) is 2.31. The van der Waals surface area contributed by atoms with Gasteiger partial charge in [-0.2, -0.15) is 0 Å². The van der Waals surface area contributed by atoms with Gasteiger partial charge in [-0.15, -0.1) is 0 Å². The molecule has 0 aliphatic rings. The van der Waals surface area contributed by atoms with Crippen molar-refractivity contribution in [1.29, 1.82) is 0 Å². The van der Waals surface area contributed by atoms with Crippen molar-refractivity contribution in [1.82, 2.24) is 4.98 Å². The van der Waals surface area contributed by atoms with E-state index in [1.807, 2.05) is 12.1 Å². The first-order valence-electron chi connectivity index (χ1n) is 6.37. The molecule has 2 nitrogen and oxygen atoms in total. The van der Waals surface area contributed by atoms with Crippen molar-refractivity contribution >= 4 is 16.7 Å². The number of aryl methyl sites for hydroxylation is 1. The lowest BCUT2D eigenvalue weighted by Gasteiger charge is -2.11. The Kier molecular flexibility index (Phi) is 3.62. The summed E-state index contributed by atoms with van der Waals surface area (Å²) in [4.78, 5) is 4.49. The van der Waals surface area contributed by atoms with Crippen LogP contribution in [0.2, 0.25) is 0 Å². The van der Waals surface area contributed by atoms with Crippen molar-refractivity contribution in [3.8, 4) is 0 Å². The third-order valence-electron chi connectivity index (χ3n) is 3.34. The molecule has 0 fully saturated rings. The SMILES string of the molecule is CCCCCc1c(N)nc2ccccc2c1C. The van der Waals surface area contributed by atoms with E-state index in [1.165, 1.54) is 35.8 Å². The Morgan fingerprint density at radius 3 is 2.71 bits per heavy atom. The molecule has 90 valence electrons. The third kappa shape index (κ3) is 2.41. The summed E-state index contributed by atoms with van der Waals surface area (Å²) in [5.41, 5.74) is 9.59. The molecular formula is C15H20N2. The van der Waals surface area contributed by atoms with Gasteiger partial charge >= 0.3 is 0 Å². The van der Waals surface area contributed by atoms with Crippen molar-refractivity contribution in [2.75, 3.05) is 5.73 Å². The Morgan fingerprint density at radius 2 is 1.94 bits per heavy atom. The minimum absolute atomic E-state index is 0.706. The van der Waals surface area contributed by atoms with E-state index in [0.29, 0.717) is 5.82 Å². The summed E-state index contributed by atoms with van der Waals surface area (Å²) in [5.74, 6) is 0.706. The predicted octanol–water partition coefficient (Wildman–Crippen LogP) is 3.86. The number of nitrogen functional groups attached to an aromatic ring is 1. The maximum atomic E-state index is 6.06. The average molecular weight is 228 g/mol. The number of nitrogens with two attached hydrogens (primary N) is 1. The molecule has 0 saturated carbocycles. The first-order chi connectivity index (χ1) is 8.24. The third-order valence-corrected chi connectivity index (χ3v) is 3.34. The van der Waals surface area contributed by atoms with Crippen molar-refractivity contribution in [3.05, 3.63) is 35.4 Å². The molecule has 2 heteroatoms. The highest BCUT2D eigenvalue weighted by atomic mass is 14.8. The number of nitrogens with zero attached hydrogens (tertiary/aromatic N) is 1. The van der Waals surface area contributed by atoms with E-state index in [4.69, 9.17) is 5.73 Å². The topological polar surface area (TPSA) is 38.9 Å². The number of anilines is 1. The van der Waals surface area contributed by atoms with Gasteiger partial charge in [0.1, 0.15) is 5.82 Å².